The van der Waals surface area contributed by atoms with Crippen LogP contribution >= 0.6 is 11.8 Å². The molecule has 1 nitrogen and oxygen atoms in total. The predicted octanol–water partition coefficient (Wildman–Crippen LogP) is 4.92. The van der Waals surface area contributed by atoms with E-state index in [2.05, 4.69) is 18.7 Å². The number of thioether (sulfide) groups is 1. The van der Waals surface area contributed by atoms with Crippen molar-refractivity contribution in [1.29, 1.82) is 0 Å². The molecule has 0 bridgehead atoms. The smallest absolute Gasteiger partial charge is 0.372 e. The van der Waals surface area contributed by atoms with Gasteiger partial charge in [0.2, 0.25) is 0 Å². The van der Waals surface area contributed by atoms with Gasteiger partial charge in [0.05, 0.1) is 0 Å². The van der Waals surface area contributed by atoms with Gasteiger partial charge in [-0.25, -0.2) is 0 Å². The third-order valence-electron chi connectivity index (χ3n) is 2.42. The zero-order valence-corrected chi connectivity index (χ0v) is 11.4. The molecular formula is C13H18F3NS. The van der Waals surface area contributed by atoms with Gasteiger partial charge < -0.3 is 4.90 Å². The van der Waals surface area contributed by atoms with Crippen molar-refractivity contribution >= 4 is 17.4 Å². The van der Waals surface area contributed by atoms with Gasteiger partial charge in [-0.3, -0.25) is 0 Å². The second kappa shape index (κ2) is 6.92. The standard InChI is InChI=1S/C13H18F3NS/c1-3-9-17(10-4-2)11-5-7-12(8-6-11)18-13(14,15)16/h5-8H,3-4,9-10H2,1-2H3. The van der Waals surface area contributed by atoms with Crippen LogP contribution in [0, 0.1) is 0 Å². The molecule has 0 amide bonds. The number of benzene rings is 1. The quantitative estimate of drug-likeness (QED) is 0.679. The Balaban J connectivity index is 2.73. The minimum absolute atomic E-state index is 0.0706. The van der Waals surface area contributed by atoms with Crippen LogP contribution in [0.2, 0.25) is 0 Å². The van der Waals surface area contributed by atoms with E-state index in [0.29, 0.717) is 0 Å². The average molecular weight is 277 g/mol. The molecule has 102 valence electrons. The highest BCUT2D eigenvalue weighted by molar-refractivity contribution is 8.00. The lowest BCUT2D eigenvalue weighted by atomic mass is 10.2. The van der Waals surface area contributed by atoms with Crippen LogP contribution in [0.5, 0.6) is 0 Å². The summed E-state index contributed by atoms with van der Waals surface area (Å²) in [5.74, 6) is 0. The third kappa shape index (κ3) is 5.21. The topological polar surface area (TPSA) is 3.24 Å². The zero-order valence-electron chi connectivity index (χ0n) is 10.6. The Labute approximate surface area is 110 Å². The molecule has 1 aromatic carbocycles. The Bertz CT molecular complexity index is 342. The number of alkyl halides is 3. The number of nitrogens with zero attached hydrogens (tertiary/aromatic N) is 1. The van der Waals surface area contributed by atoms with E-state index in [1.54, 1.807) is 12.1 Å². The first kappa shape index (κ1) is 15.2. The van der Waals surface area contributed by atoms with E-state index in [0.717, 1.165) is 31.6 Å². The van der Waals surface area contributed by atoms with Gasteiger partial charge in [-0.1, -0.05) is 13.8 Å². The fraction of sp³-hybridized carbons (Fsp3) is 0.538. The molecule has 0 N–H and O–H groups in total. The molecular weight excluding hydrogens is 259 g/mol. The van der Waals surface area contributed by atoms with Gasteiger partial charge in [-0.15, -0.1) is 0 Å². The Kier molecular flexibility index (Phi) is 5.85. The molecule has 0 aliphatic carbocycles. The minimum atomic E-state index is -4.21. The Morgan fingerprint density at radius 2 is 1.50 bits per heavy atom. The summed E-state index contributed by atoms with van der Waals surface area (Å²) in [7, 11) is 0. The second-order valence-electron chi connectivity index (χ2n) is 4.03. The van der Waals surface area contributed by atoms with Crippen molar-refractivity contribution < 1.29 is 13.2 Å². The second-order valence-corrected chi connectivity index (χ2v) is 5.17. The summed E-state index contributed by atoms with van der Waals surface area (Å²) in [4.78, 5) is 2.43. The van der Waals surface area contributed by atoms with E-state index in [1.807, 2.05) is 0 Å². The van der Waals surface area contributed by atoms with Gasteiger partial charge in [-0.05, 0) is 48.9 Å². The fourth-order valence-electron chi connectivity index (χ4n) is 1.77. The van der Waals surface area contributed by atoms with E-state index in [9.17, 15) is 13.2 Å². The lowest BCUT2D eigenvalue weighted by molar-refractivity contribution is -0.0328. The van der Waals surface area contributed by atoms with Crippen molar-refractivity contribution in [3.63, 3.8) is 0 Å². The van der Waals surface area contributed by atoms with Crippen LogP contribution in [-0.2, 0) is 0 Å². The largest absolute Gasteiger partial charge is 0.446 e. The Morgan fingerprint density at radius 3 is 1.89 bits per heavy atom. The van der Waals surface area contributed by atoms with Crippen LogP contribution < -0.4 is 4.90 Å². The molecule has 1 rings (SSSR count). The number of rotatable bonds is 6. The lowest BCUT2D eigenvalue weighted by Crippen LogP contribution is -2.24. The average Bonchev–Trinajstić information content (AvgIpc) is 2.28. The molecule has 0 saturated heterocycles. The van der Waals surface area contributed by atoms with Crippen LogP contribution in [0.3, 0.4) is 0 Å². The summed E-state index contributed by atoms with van der Waals surface area (Å²) in [6.45, 7) is 6.05. The summed E-state index contributed by atoms with van der Waals surface area (Å²) in [5, 5.41) is 0. The van der Waals surface area contributed by atoms with Gasteiger partial charge in [0.1, 0.15) is 0 Å². The Hall–Kier alpha value is -0.840. The third-order valence-corrected chi connectivity index (χ3v) is 3.16. The monoisotopic (exact) mass is 277 g/mol. The molecule has 0 aliphatic rings. The molecule has 0 atom stereocenters. The van der Waals surface area contributed by atoms with Crippen molar-refractivity contribution in [1.82, 2.24) is 0 Å². The van der Waals surface area contributed by atoms with E-state index in [4.69, 9.17) is 0 Å². The van der Waals surface area contributed by atoms with Crippen LogP contribution in [0.1, 0.15) is 26.7 Å². The molecule has 0 unspecified atom stereocenters. The van der Waals surface area contributed by atoms with Gasteiger partial charge in [0.15, 0.2) is 0 Å². The highest BCUT2D eigenvalue weighted by Gasteiger charge is 2.29. The predicted molar refractivity (Wildman–Crippen MR) is 71.1 cm³/mol. The van der Waals surface area contributed by atoms with Crippen LogP contribution in [0.4, 0.5) is 18.9 Å². The number of hydrogen-bond donors (Lipinski definition) is 0. The first-order chi connectivity index (χ1) is 8.46. The molecule has 0 aromatic heterocycles. The van der Waals surface area contributed by atoms with Crippen molar-refractivity contribution in [2.45, 2.75) is 37.1 Å². The van der Waals surface area contributed by atoms with Crippen molar-refractivity contribution in [2.24, 2.45) is 0 Å². The molecule has 0 spiro atoms. The van der Waals surface area contributed by atoms with Gasteiger partial charge in [0, 0.05) is 23.7 Å². The molecule has 0 fully saturated rings. The fourth-order valence-corrected chi connectivity index (χ4v) is 2.31. The zero-order chi connectivity index (χ0) is 13.6. The maximum atomic E-state index is 12.2. The number of anilines is 1. The van der Waals surface area contributed by atoms with E-state index in [1.165, 1.54) is 12.1 Å². The molecule has 0 heterocycles. The van der Waals surface area contributed by atoms with Crippen LogP contribution in [0.25, 0.3) is 0 Å². The summed E-state index contributed by atoms with van der Waals surface area (Å²) in [5.41, 5.74) is -3.22. The van der Waals surface area contributed by atoms with Gasteiger partial charge >= 0.3 is 5.51 Å². The highest BCUT2D eigenvalue weighted by atomic mass is 32.2. The normalized spacial score (nSPS) is 11.6. The molecule has 0 saturated carbocycles. The van der Waals surface area contributed by atoms with Crippen molar-refractivity contribution in [2.75, 3.05) is 18.0 Å². The first-order valence-electron chi connectivity index (χ1n) is 6.07. The maximum absolute atomic E-state index is 12.2. The number of hydrogen-bond acceptors (Lipinski definition) is 2. The maximum Gasteiger partial charge on any atom is 0.446 e. The molecule has 5 heteroatoms. The van der Waals surface area contributed by atoms with Crippen molar-refractivity contribution in [3.05, 3.63) is 24.3 Å². The molecule has 0 radical (unpaired) electrons. The lowest BCUT2D eigenvalue weighted by Gasteiger charge is -2.23. The summed E-state index contributed by atoms with van der Waals surface area (Å²) in [6.07, 6.45) is 2.05. The van der Waals surface area contributed by atoms with Gasteiger partial charge in [-0.2, -0.15) is 13.2 Å². The van der Waals surface area contributed by atoms with Crippen LogP contribution in [0.15, 0.2) is 29.2 Å². The summed E-state index contributed by atoms with van der Waals surface area (Å²) >= 11 is -0.0706. The number of halogens is 3. The first-order valence-corrected chi connectivity index (χ1v) is 6.88. The summed E-state index contributed by atoms with van der Waals surface area (Å²) in [6, 6.07) is 6.59. The van der Waals surface area contributed by atoms with Crippen molar-refractivity contribution in [3.8, 4) is 0 Å². The SMILES string of the molecule is CCCN(CCC)c1ccc(SC(F)(F)F)cc1. The molecule has 1 aromatic rings. The van der Waals surface area contributed by atoms with E-state index >= 15 is 0 Å². The van der Waals surface area contributed by atoms with Crippen LogP contribution in [-0.4, -0.2) is 18.6 Å². The van der Waals surface area contributed by atoms with E-state index in [-0.39, 0.29) is 16.7 Å². The molecule has 18 heavy (non-hydrogen) atoms. The Morgan fingerprint density at radius 1 is 1.00 bits per heavy atom. The minimum Gasteiger partial charge on any atom is -0.372 e. The van der Waals surface area contributed by atoms with Gasteiger partial charge in [0.25, 0.3) is 0 Å². The molecule has 0 aliphatic heterocycles. The summed E-state index contributed by atoms with van der Waals surface area (Å²) < 4.78 is 36.6. The van der Waals surface area contributed by atoms with E-state index < -0.39 is 5.51 Å². The highest BCUT2D eigenvalue weighted by Crippen LogP contribution is 2.37.